The molecule has 4 heteroatoms. The molecule has 0 bridgehead atoms. The van der Waals surface area contributed by atoms with Crippen molar-refractivity contribution >= 4 is 11.6 Å². The summed E-state index contributed by atoms with van der Waals surface area (Å²) in [5, 5.41) is 0.785. The Balaban J connectivity index is 0.00000169. The van der Waals surface area contributed by atoms with Crippen molar-refractivity contribution in [2.75, 3.05) is 0 Å². The quantitative estimate of drug-likeness (QED) is 0.577. The van der Waals surface area contributed by atoms with Crippen LogP contribution in [-0.2, 0) is 13.0 Å². The van der Waals surface area contributed by atoms with Gasteiger partial charge in [0.05, 0.1) is 6.54 Å². The summed E-state index contributed by atoms with van der Waals surface area (Å²) in [5.41, 5.74) is 3.74. The third-order valence-corrected chi connectivity index (χ3v) is 4.84. The summed E-state index contributed by atoms with van der Waals surface area (Å²) in [4.78, 5) is 0. The number of aromatic nitrogens is 2. The molecule has 124 valence electrons. The fourth-order valence-corrected chi connectivity index (χ4v) is 3.56. The SMILES string of the molecule is Clc1ccc(-c2cn(-c3ccccc3)c3[n+]2CCCCC3)cc1.[Br-]. The molecular weight excluding hydrogens is 384 g/mol. The largest absolute Gasteiger partial charge is 1.00 e. The molecule has 0 unspecified atom stereocenters. The molecule has 3 aromatic rings. The van der Waals surface area contributed by atoms with Gasteiger partial charge in [-0.05, 0) is 55.7 Å². The fraction of sp³-hybridized carbons (Fsp3) is 0.250. The summed E-state index contributed by atoms with van der Waals surface area (Å²) in [6.45, 7) is 1.09. The molecule has 0 fully saturated rings. The number of hydrogen-bond acceptors (Lipinski definition) is 0. The van der Waals surface area contributed by atoms with Crippen LogP contribution >= 0.6 is 11.6 Å². The molecule has 1 aliphatic rings. The number of hydrogen-bond donors (Lipinski definition) is 0. The van der Waals surface area contributed by atoms with E-state index in [2.05, 4.69) is 57.8 Å². The Morgan fingerprint density at radius 3 is 2.38 bits per heavy atom. The van der Waals surface area contributed by atoms with E-state index in [4.69, 9.17) is 11.6 Å². The number of para-hydroxylation sites is 1. The van der Waals surface area contributed by atoms with E-state index in [9.17, 15) is 0 Å². The highest BCUT2D eigenvalue weighted by Crippen LogP contribution is 2.24. The third-order valence-electron chi connectivity index (χ3n) is 4.59. The van der Waals surface area contributed by atoms with Gasteiger partial charge >= 0.3 is 0 Å². The molecule has 2 nitrogen and oxygen atoms in total. The van der Waals surface area contributed by atoms with Crippen LogP contribution in [0, 0.1) is 0 Å². The average Bonchev–Trinajstić information content (AvgIpc) is 2.78. The molecule has 2 heterocycles. The van der Waals surface area contributed by atoms with Gasteiger partial charge in [0.25, 0.3) is 5.82 Å². The number of nitrogens with zero attached hydrogens (tertiary/aromatic N) is 2. The van der Waals surface area contributed by atoms with Gasteiger partial charge in [-0.25, -0.2) is 4.57 Å². The van der Waals surface area contributed by atoms with E-state index < -0.39 is 0 Å². The van der Waals surface area contributed by atoms with Gasteiger partial charge in [0.2, 0.25) is 0 Å². The zero-order chi connectivity index (χ0) is 15.6. The third kappa shape index (κ3) is 3.28. The van der Waals surface area contributed by atoms with Gasteiger partial charge in [-0.2, -0.15) is 4.57 Å². The number of rotatable bonds is 2. The number of benzene rings is 2. The lowest BCUT2D eigenvalue weighted by Crippen LogP contribution is -3.00. The summed E-state index contributed by atoms with van der Waals surface area (Å²) in [7, 11) is 0. The van der Waals surface area contributed by atoms with Crippen molar-refractivity contribution in [2.24, 2.45) is 0 Å². The van der Waals surface area contributed by atoms with Crippen molar-refractivity contribution in [3.05, 3.63) is 71.6 Å². The van der Waals surface area contributed by atoms with E-state index in [0.717, 1.165) is 18.0 Å². The molecule has 24 heavy (non-hydrogen) atoms. The molecule has 0 saturated heterocycles. The van der Waals surface area contributed by atoms with Gasteiger partial charge in [-0.1, -0.05) is 29.8 Å². The summed E-state index contributed by atoms with van der Waals surface area (Å²) < 4.78 is 4.85. The fourth-order valence-electron chi connectivity index (χ4n) is 3.43. The zero-order valence-electron chi connectivity index (χ0n) is 13.5. The molecular formula is C20H20BrClN2. The van der Waals surface area contributed by atoms with Gasteiger partial charge < -0.3 is 17.0 Å². The van der Waals surface area contributed by atoms with E-state index in [1.165, 1.54) is 42.0 Å². The van der Waals surface area contributed by atoms with Crippen molar-refractivity contribution in [1.82, 2.24) is 4.57 Å². The lowest BCUT2D eigenvalue weighted by molar-refractivity contribution is -0.692. The van der Waals surface area contributed by atoms with Crippen LogP contribution in [0.2, 0.25) is 5.02 Å². The van der Waals surface area contributed by atoms with Gasteiger partial charge in [0.15, 0.2) is 5.69 Å². The first-order valence-electron chi connectivity index (χ1n) is 8.28. The highest BCUT2D eigenvalue weighted by molar-refractivity contribution is 6.30. The van der Waals surface area contributed by atoms with Gasteiger partial charge in [-0.3, -0.25) is 0 Å². The predicted octanol–water partition coefficient (Wildman–Crippen LogP) is 1.82. The topological polar surface area (TPSA) is 8.81 Å². The van der Waals surface area contributed by atoms with Crippen LogP contribution < -0.4 is 21.5 Å². The molecule has 0 amide bonds. The second kappa shape index (κ2) is 7.54. The molecule has 0 aliphatic carbocycles. The number of fused-ring (bicyclic) bond motifs is 1. The van der Waals surface area contributed by atoms with E-state index in [0.29, 0.717) is 0 Å². The Kier molecular flexibility index (Phi) is 5.42. The molecule has 0 spiro atoms. The van der Waals surface area contributed by atoms with Crippen LogP contribution in [0.3, 0.4) is 0 Å². The second-order valence-electron chi connectivity index (χ2n) is 6.11. The average molecular weight is 404 g/mol. The minimum atomic E-state index is 0. The summed E-state index contributed by atoms with van der Waals surface area (Å²) in [6, 6.07) is 18.8. The standard InChI is InChI=1S/C20H20ClN2.BrH/c21-17-12-10-16(11-13-17)19-15-23(18-7-3-1-4-8-18)20-9-5-2-6-14-22(19)20;/h1,3-4,7-8,10-13,15H,2,5-6,9,14H2;1H/q+1;/p-1. The highest BCUT2D eigenvalue weighted by Gasteiger charge is 2.26. The Labute approximate surface area is 158 Å². The highest BCUT2D eigenvalue weighted by atomic mass is 79.9. The minimum Gasteiger partial charge on any atom is -1.00 e. The molecule has 0 atom stereocenters. The van der Waals surface area contributed by atoms with E-state index in [1.807, 2.05) is 12.1 Å². The Bertz CT molecular complexity index is 810. The zero-order valence-corrected chi connectivity index (χ0v) is 15.8. The number of halogens is 2. The molecule has 4 rings (SSSR count). The smallest absolute Gasteiger partial charge is 0.262 e. The lowest BCUT2D eigenvalue weighted by atomic mass is 10.1. The Morgan fingerprint density at radius 2 is 1.62 bits per heavy atom. The summed E-state index contributed by atoms with van der Waals surface area (Å²) in [5.74, 6) is 1.40. The Morgan fingerprint density at radius 1 is 0.875 bits per heavy atom. The van der Waals surface area contributed by atoms with Gasteiger partial charge in [0.1, 0.15) is 11.9 Å². The maximum absolute atomic E-state index is 6.06. The molecule has 0 radical (unpaired) electrons. The minimum absolute atomic E-state index is 0. The van der Waals surface area contributed by atoms with Crippen LogP contribution in [0.5, 0.6) is 0 Å². The summed E-state index contributed by atoms with van der Waals surface area (Å²) >= 11 is 6.06. The van der Waals surface area contributed by atoms with Gasteiger partial charge in [0, 0.05) is 17.0 Å². The maximum atomic E-state index is 6.06. The molecule has 0 saturated carbocycles. The first-order valence-corrected chi connectivity index (χ1v) is 8.66. The van der Waals surface area contributed by atoms with Crippen LogP contribution in [0.1, 0.15) is 25.1 Å². The van der Waals surface area contributed by atoms with Crippen molar-refractivity contribution in [2.45, 2.75) is 32.2 Å². The molecule has 0 N–H and O–H groups in total. The van der Waals surface area contributed by atoms with E-state index >= 15 is 0 Å². The van der Waals surface area contributed by atoms with Crippen LogP contribution in [0.25, 0.3) is 16.9 Å². The predicted molar refractivity (Wildman–Crippen MR) is 94.0 cm³/mol. The maximum Gasteiger partial charge on any atom is 0.262 e. The molecule has 2 aromatic carbocycles. The van der Waals surface area contributed by atoms with Crippen LogP contribution in [0.4, 0.5) is 0 Å². The molecule has 1 aliphatic heterocycles. The lowest BCUT2D eigenvalue weighted by Gasteiger charge is -2.03. The number of imidazole rings is 1. The molecule has 1 aromatic heterocycles. The second-order valence-corrected chi connectivity index (χ2v) is 6.54. The Hall–Kier alpha value is -1.58. The summed E-state index contributed by atoms with van der Waals surface area (Å²) in [6.07, 6.45) is 7.21. The van der Waals surface area contributed by atoms with Gasteiger partial charge in [-0.15, -0.1) is 0 Å². The van der Waals surface area contributed by atoms with Crippen molar-refractivity contribution in [3.8, 4) is 16.9 Å². The van der Waals surface area contributed by atoms with Crippen molar-refractivity contribution in [3.63, 3.8) is 0 Å². The monoisotopic (exact) mass is 402 g/mol. The normalized spacial score (nSPS) is 13.7. The van der Waals surface area contributed by atoms with Crippen LogP contribution in [-0.4, -0.2) is 4.57 Å². The van der Waals surface area contributed by atoms with Crippen molar-refractivity contribution < 1.29 is 21.5 Å². The first kappa shape index (κ1) is 17.2. The van der Waals surface area contributed by atoms with Crippen LogP contribution in [0.15, 0.2) is 60.8 Å². The van der Waals surface area contributed by atoms with Crippen molar-refractivity contribution in [1.29, 1.82) is 0 Å². The first-order chi connectivity index (χ1) is 11.3. The van der Waals surface area contributed by atoms with E-state index in [-0.39, 0.29) is 17.0 Å². The van der Waals surface area contributed by atoms with E-state index in [1.54, 1.807) is 0 Å².